The van der Waals surface area contributed by atoms with Gasteiger partial charge in [-0.25, -0.2) is 0 Å². The van der Waals surface area contributed by atoms with E-state index in [2.05, 4.69) is 10.4 Å². The molecule has 5 aliphatic rings. The van der Waals surface area contributed by atoms with E-state index in [1.807, 2.05) is 0 Å². The normalized spacial score (nSPS) is 38.2. The average molecular weight is 886 g/mol. The van der Waals surface area contributed by atoms with E-state index in [0.29, 0.717) is 0 Å². The highest BCUT2D eigenvalue weighted by Gasteiger charge is 2.50. The third-order valence-corrected chi connectivity index (χ3v) is 12.4. The van der Waals surface area contributed by atoms with Crippen LogP contribution in [0.3, 0.4) is 0 Å². The molecule has 0 aromatic heterocycles. The van der Waals surface area contributed by atoms with Crippen LogP contribution in [0.15, 0.2) is 41.2 Å². The molecule has 1 amide bonds. The van der Waals surface area contributed by atoms with Gasteiger partial charge < -0.3 is 49.8 Å². The molecule has 9 atom stereocenters. The molecular formula is C47H64N4O12. The quantitative estimate of drug-likeness (QED) is 0.0926. The average Bonchev–Trinajstić information content (AvgIpc) is 3.61. The SMILES string of the molecule is [2H]C1([2H])C([2H])([2H])C([2H])([2H])C([2H])(N2CCN(/N=C/c3c4c(O)c5c(O)c(C)c6c(c5c3O)C(=O)[C@@](C)(O/C=C/[C@H](OC)[C@@H](C)[C@@H](OC(C)=O)[C@H](C)[C@H](O)[C@H](C)[C@@H](O)[C@@H](C)/C=C/C=C(/C)C(=O)N4)O6)CC2)C1([2H])[2H]. The number of phenols is 3. The standard InChI is InChI=1S/C47H64N4O12/c1-24-13-12-14-25(2)46(59)49-37-32(23-48-51-20-18-50(19-21-51)31-15-10-11-16-31)41(56)34-35(42(37)57)40(55)29(6)44-36(34)45(58)47(8,63-44)61-22-17-33(60-9)26(3)43(62-30(7)52)28(5)39(54)27(4)38(24)53/h12-14,17,22-24,26-28,31,33,38-39,43,53-57H,10-11,15-16,18-21H2,1-9H3,(H,49,59)/b13-12+,22-17+,25-14-,48-23+/t24-,26+,27+,28+,33-,38-,39+,43+,47-/m0/s1/i10D2,11D2,15D2,16D2,31D. The Bertz CT molecular complexity index is 2600. The topological polar surface area (TPSA) is 220 Å². The number of methoxy groups -OCH3 is 1. The van der Waals surface area contributed by atoms with E-state index in [1.165, 1.54) is 58.0 Å². The minimum Gasteiger partial charge on any atom is -0.507 e. The summed E-state index contributed by atoms with van der Waals surface area (Å²) in [5.74, 6) is -9.79. The largest absolute Gasteiger partial charge is 0.507 e. The van der Waals surface area contributed by atoms with Gasteiger partial charge in [-0.05, 0) is 32.7 Å². The predicted octanol–water partition coefficient (Wildman–Crippen LogP) is 5.65. The van der Waals surface area contributed by atoms with Crippen LogP contribution in [-0.2, 0) is 23.8 Å². The van der Waals surface area contributed by atoms with Crippen molar-refractivity contribution in [2.45, 2.75) is 117 Å². The van der Waals surface area contributed by atoms with E-state index in [1.54, 1.807) is 33.8 Å². The second-order valence-electron chi connectivity index (χ2n) is 16.7. The Morgan fingerprint density at radius 3 is 2.27 bits per heavy atom. The number of esters is 1. The lowest BCUT2D eigenvalue weighted by Gasteiger charge is -2.38. The van der Waals surface area contributed by atoms with Crippen molar-refractivity contribution in [3.63, 3.8) is 0 Å². The lowest BCUT2D eigenvalue weighted by molar-refractivity contribution is -0.160. The van der Waals surface area contributed by atoms with Gasteiger partial charge in [0.05, 0.1) is 53.0 Å². The van der Waals surface area contributed by atoms with Crippen molar-refractivity contribution in [2.75, 3.05) is 38.6 Å². The van der Waals surface area contributed by atoms with Gasteiger partial charge >= 0.3 is 11.8 Å². The number of hydrogen-bond acceptors (Lipinski definition) is 15. The number of hydrazone groups is 1. The molecule has 1 saturated carbocycles. The van der Waals surface area contributed by atoms with Crippen molar-refractivity contribution in [1.29, 1.82) is 0 Å². The van der Waals surface area contributed by atoms with Gasteiger partial charge in [-0.3, -0.25) is 24.3 Å². The van der Waals surface area contributed by atoms with Gasteiger partial charge in [0, 0.05) is 106 Å². The smallest absolute Gasteiger partial charge is 0.312 e. The molecule has 4 aliphatic heterocycles. The monoisotopic (exact) mass is 886 g/mol. The first-order chi connectivity index (χ1) is 33.2. The maximum Gasteiger partial charge on any atom is 0.312 e. The molecule has 1 saturated heterocycles. The van der Waals surface area contributed by atoms with E-state index in [9.17, 15) is 39.9 Å². The molecule has 16 heteroatoms. The van der Waals surface area contributed by atoms with Gasteiger partial charge in [0.25, 0.3) is 11.7 Å². The first-order valence-corrected chi connectivity index (χ1v) is 20.8. The lowest BCUT2D eigenvalue weighted by Crippen LogP contribution is -2.47. The fourth-order valence-corrected chi connectivity index (χ4v) is 8.42. The Morgan fingerprint density at radius 1 is 0.968 bits per heavy atom. The molecule has 0 spiro atoms. The maximum atomic E-state index is 14.6. The second kappa shape index (κ2) is 19.3. The van der Waals surface area contributed by atoms with Crippen molar-refractivity contribution in [3.8, 4) is 23.0 Å². The molecule has 5 bridgehead atoms. The number of carbonyl (C=O) groups is 3. The fraction of sp³-hybridized carbons (Fsp3) is 0.574. The van der Waals surface area contributed by atoms with Gasteiger partial charge in [-0.1, -0.05) is 58.7 Å². The number of ether oxygens (including phenoxy) is 4. The van der Waals surface area contributed by atoms with Crippen molar-refractivity contribution in [3.05, 3.63) is 52.8 Å². The highest BCUT2D eigenvalue weighted by atomic mass is 16.7. The number of aromatic hydroxyl groups is 3. The number of ketones is 1. The number of anilines is 1. The molecule has 4 heterocycles. The third-order valence-electron chi connectivity index (χ3n) is 12.4. The summed E-state index contributed by atoms with van der Waals surface area (Å²) >= 11 is 0. The fourth-order valence-electron chi connectivity index (χ4n) is 8.42. The van der Waals surface area contributed by atoms with Crippen LogP contribution < -0.4 is 10.1 Å². The van der Waals surface area contributed by atoms with E-state index in [0.717, 1.165) is 17.4 Å². The minimum atomic E-state index is -3.40. The molecule has 344 valence electrons. The summed E-state index contributed by atoms with van der Waals surface area (Å²) in [5, 5.41) is 66.5. The number of piperazine rings is 1. The number of nitrogens with one attached hydrogen (secondary N) is 1. The van der Waals surface area contributed by atoms with Gasteiger partial charge in [-0.2, -0.15) is 5.10 Å². The van der Waals surface area contributed by atoms with Crippen LogP contribution in [-0.4, -0.2) is 129 Å². The Hall–Kier alpha value is -5.16. The zero-order valence-corrected chi connectivity index (χ0v) is 36.8. The van der Waals surface area contributed by atoms with Crippen molar-refractivity contribution in [2.24, 2.45) is 28.8 Å². The zero-order valence-electron chi connectivity index (χ0n) is 45.8. The molecule has 1 aliphatic carbocycles. The second-order valence-corrected chi connectivity index (χ2v) is 16.7. The van der Waals surface area contributed by atoms with Crippen LogP contribution in [0.1, 0.15) is 108 Å². The Balaban J connectivity index is 1.47. The molecule has 63 heavy (non-hydrogen) atoms. The number of amides is 1. The Kier molecular flexibility index (Phi) is 11.1. The molecule has 0 radical (unpaired) electrons. The molecule has 6 N–H and O–H groups in total. The summed E-state index contributed by atoms with van der Waals surface area (Å²) in [7, 11) is 1.39. The van der Waals surface area contributed by atoms with Gasteiger partial charge in [0.2, 0.25) is 0 Å². The van der Waals surface area contributed by atoms with E-state index < -0.39 is 137 Å². The van der Waals surface area contributed by atoms with Crippen LogP contribution in [0.2, 0.25) is 0 Å². The molecule has 16 nitrogen and oxygen atoms in total. The number of fused-ring (bicyclic) bond motifs is 14. The number of aliphatic hydroxyl groups is 2. The van der Waals surface area contributed by atoms with Crippen LogP contribution in [0.5, 0.6) is 23.0 Å². The number of phenolic OH excluding ortho intramolecular Hbond substituents is 3. The van der Waals surface area contributed by atoms with E-state index in [4.69, 9.17) is 31.3 Å². The molecule has 7 rings (SSSR count). The van der Waals surface area contributed by atoms with Crippen LogP contribution >= 0.6 is 0 Å². The Morgan fingerprint density at radius 2 is 1.63 bits per heavy atom. The summed E-state index contributed by atoms with van der Waals surface area (Å²) in [5.41, 5.74) is -1.22. The summed E-state index contributed by atoms with van der Waals surface area (Å²) in [6.45, 7) is 11.0. The maximum absolute atomic E-state index is 14.6. The summed E-state index contributed by atoms with van der Waals surface area (Å²) < 4.78 is 99.6. The highest BCUT2D eigenvalue weighted by molar-refractivity contribution is 6.23. The van der Waals surface area contributed by atoms with E-state index in [-0.39, 0.29) is 54.2 Å². The molecule has 0 unspecified atom stereocenters. The van der Waals surface area contributed by atoms with Crippen molar-refractivity contribution in [1.82, 2.24) is 9.91 Å². The number of hydrogen-bond donors (Lipinski definition) is 6. The predicted molar refractivity (Wildman–Crippen MR) is 237 cm³/mol. The summed E-state index contributed by atoms with van der Waals surface area (Å²) in [6, 6.07) is -3.03. The lowest BCUT2D eigenvalue weighted by atomic mass is 9.78. The number of Topliss-reactive ketones (excluding diaryl/α,β-unsaturated/α-hetero) is 1. The third kappa shape index (κ3) is 9.40. The first kappa shape index (κ1) is 36.2. The number of aliphatic hydroxyl groups excluding tert-OH is 2. The number of rotatable bonds is 5. The molecule has 2 aromatic rings. The van der Waals surface area contributed by atoms with Crippen molar-refractivity contribution >= 4 is 40.3 Å². The summed E-state index contributed by atoms with van der Waals surface area (Å²) in [4.78, 5) is 42.0. The number of nitrogens with zero attached hydrogens (tertiary/aromatic N) is 3. The van der Waals surface area contributed by atoms with Gasteiger partial charge in [0.1, 0.15) is 23.4 Å². The first-order valence-electron chi connectivity index (χ1n) is 25.3. The van der Waals surface area contributed by atoms with Gasteiger partial charge in [0.15, 0.2) is 5.75 Å². The van der Waals surface area contributed by atoms with Gasteiger partial charge in [-0.15, -0.1) is 0 Å². The number of carbonyl (C=O) groups excluding carboxylic acids is 3. The number of benzene rings is 2. The summed E-state index contributed by atoms with van der Waals surface area (Å²) in [6.07, 6.45) is -9.58. The molecular weight excluding hydrogens is 813 g/mol. The van der Waals surface area contributed by atoms with Crippen LogP contribution in [0, 0.1) is 30.6 Å². The van der Waals surface area contributed by atoms with Crippen LogP contribution in [0.25, 0.3) is 10.8 Å². The molecule has 2 aromatic carbocycles. The zero-order chi connectivity index (χ0) is 54.2. The number of allylic oxidation sites excluding steroid dienone is 2. The van der Waals surface area contributed by atoms with Crippen LogP contribution in [0.4, 0.5) is 5.69 Å². The van der Waals surface area contributed by atoms with E-state index >= 15 is 0 Å². The minimum absolute atomic E-state index is 0.0385. The highest BCUT2D eigenvalue weighted by Crippen LogP contribution is 2.55. The van der Waals surface area contributed by atoms with Crippen molar-refractivity contribution < 1.29 is 71.2 Å². The molecule has 2 fully saturated rings. The Labute approximate surface area is 381 Å².